The number of rotatable bonds is 3. The molecule has 0 aromatic carbocycles. The summed E-state index contributed by atoms with van der Waals surface area (Å²) >= 11 is 0. The monoisotopic (exact) mass is 262 g/mol. The number of nitrogens with one attached hydrogen (secondary N) is 1. The smallest absolute Gasteiger partial charge is 0.224 e. The van der Waals surface area contributed by atoms with Gasteiger partial charge in [0.1, 0.15) is 5.82 Å². The zero-order chi connectivity index (χ0) is 14.0. The maximum absolute atomic E-state index is 4.71. The Morgan fingerprint density at radius 1 is 1.37 bits per heavy atom. The summed E-state index contributed by atoms with van der Waals surface area (Å²) in [6.45, 7) is 13.1. The Hall–Kier alpha value is -1.32. The molecule has 3 unspecified atom stereocenters. The third-order valence-electron chi connectivity index (χ3n) is 4.15. The van der Waals surface area contributed by atoms with E-state index in [4.69, 9.17) is 4.98 Å². The zero-order valence-corrected chi connectivity index (χ0v) is 12.8. The van der Waals surface area contributed by atoms with Crippen molar-refractivity contribution in [2.24, 2.45) is 11.8 Å². The third kappa shape index (κ3) is 2.99. The van der Waals surface area contributed by atoms with Gasteiger partial charge in [-0.05, 0) is 39.0 Å². The summed E-state index contributed by atoms with van der Waals surface area (Å²) in [7, 11) is 0. The van der Waals surface area contributed by atoms with Crippen LogP contribution in [-0.2, 0) is 0 Å². The molecule has 19 heavy (non-hydrogen) atoms. The van der Waals surface area contributed by atoms with E-state index in [9.17, 15) is 0 Å². The standard InChI is InChI=1S/C15H26N4/c1-6-16-15-17-8-12(4)14(18-15)19-9-10(2)7-11(3)13(19)5/h8,10-11,13H,6-7,9H2,1-5H3,(H,16,17,18). The van der Waals surface area contributed by atoms with E-state index in [2.05, 4.69) is 49.8 Å². The topological polar surface area (TPSA) is 41.1 Å². The molecule has 4 nitrogen and oxygen atoms in total. The molecule has 2 rings (SSSR count). The van der Waals surface area contributed by atoms with Crippen LogP contribution >= 0.6 is 0 Å². The number of hydrogen-bond donors (Lipinski definition) is 1. The highest BCUT2D eigenvalue weighted by molar-refractivity contribution is 5.50. The lowest BCUT2D eigenvalue weighted by Gasteiger charge is -2.42. The molecular formula is C15H26N4. The van der Waals surface area contributed by atoms with Crippen LogP contribution in [0.1, 0.15) is 39.7 Å². The first-order valence-electron chi connectivity index (χ1n) is 7.37. The molecule has 1 aromatic rings. The SMILES string of the molecule is CCNc1ncc(C)c(N2CC(C)CC(C)C2C)n1. The van der Waals surface area contributed by atoms with Crippen molar-refractivity contribution >= 4 is 11.8 Å². The van der Waals surface area contributed by atoms with E-state index >= 15 is 0 Å². The van der Waals surface area contributed by atoms with Gasteiger partial charge in [0, 0.05) is 30.9 Å². The molecule has 0 radical (unpaired) electrons. The van der Waals surface area contributed by atoms with E-state index in [0.717, 1.165) is 36.3 Å². The summed E-state index contributed by atoms with van der Waals surface area (Å²) < 4.78 is 0. The molecule has 3 atom stereocenters. The second-order valence-corrected chi connectivity index (χ2v) is 5.94. The minimum atomic E-state index is 0.541. The van der Waals surface area contributed by atoms with Gasteiger partial charge >= 0.3 is 0 Å². The van der Waals surface area contributed by atoms with Crippen LogP contribution in [0.4, 0.5) is 11.8 Å². The van der Waals surface area contributed by atoms with Gasteiger partial charge in [0.25, 0.3) is 0 Å². The second kappa shape index (κ2) is 5.76. The van der Waals surface area contributed by atoms with Gasteiger partial charge in [-0.15, -0.1) is 0 Å². The van der Waals surface area contributed by atoms with Crippen molar-refractivity contribution in [3.05, 3.63) is 11.8 Å². The van der Waals surface area contributed by atoms with Crippen LogP contribution in [0.2, 0.25) is 0 Å². The number of anilines is 2. The quantitative estimate of drug-likeness (QED) is 0.909. The van der Waals surface area contributed by atoms with Crippen molar-refractivity contribution in [1.29, 1.82) is 0 Å². The van der Waals surface area contributed by atoms with E-state index in [0.29, 0.717) is 12.0 Å². The highest BCUT2D eigenvalue weighted by Gasteiger charge is 2.30. The Kier molecular flexibility index (Phi) is 4.27. The first kappa shape index (κ1) is 14.1. The van der Waals surface area contributed by atoms with E-state index < -0.39 is 0 Å². The lowest BCUT2D eigenvalue weighted by atomic mass is 9.86. The van der Waals surface area contributed by atoms with Crippen LogP contribution in [0.3, 0.4) is 0 Å². The van der Waals surface area contributed by atoms with Crippen LogP contribution < -0.4 is 10.2 Å². The maximum Gasteiger partial charge on any atom is 0.224 e. The van der Waals surface area contributed by atoms with Crippen molar-refractivity contribution in [2.75, 3.05) is 23.3 Å². The third-order valence-corrected chi connectivity index (χ3v) is 4.15. The molecule has 1 fully saturated rings. The number of nitrogens with zero attached hydrogens (tertiary/aromatic N) is 3. The van der Waals surface area contributed by atoms with E-state index in [-0.39, 0.29) is 0 Å². The summed E-state index contributed by atoms with van der Waals surface area (Å²) in [5, 5.41) is 3.20. The fourth-order valence-corrected chi connectivity index (χ4v) is 2.96. The van der Waals surface area contributed by atoms with Gasteiger partial charge in [0.05, 0.1) is 0 Å². The number of piperidine rings is 1. The molecule has 0 aliphatic carbocycles. The predicted molar refractivity (Wildman–Crippen MR) is 80.7 cm³/mol. The van der Waals surface area contributed by atoms with Gasteiger partial charge < -0.3 is 10.2 Å². The number of aromatic nitrogens is 2. The molecule has 106 valence electrons. The molecule has 1 saturated heterocycles. The first-order chi connectivity index (χ1) is 9.02. The van der Waals surface area contributed by atoms with Gasteiger partial charge in [0.15, 0.2) is 0 Å². The van der Waals surface area contributed by atoms with Crippen molar-refractivity contribution in [2.45, 2.75) is 47.1 Å². The van der Waals surface area contributed by atoms with Crippen molar-refractivity contribution in [1.82, 2.24) is 9.97 Å². The minimum absolute atomic E-state index is 0.541. The molecule has 1 aliphatic rings. The maximum atomic E-state index is 4.71. The summed E-state index contributed by atoms with van der Waals surface area (Å²) in [6, 6.07) is 0.541. The Morgan fingerprint density at radius 3 is 2.79 bits per heavy atom. The van der Waals surface area contributed by atoms with Crippen LogP contribution in [-0.4, -0.2) is 29.1 Å². The molecule has 0 bridgehead atoms. The molecule has 0 spiro atoms. The molecule has 0 amide bonds. The zero-order valence-electron chi connectivity index (χ0n) is 12.8. The second-order valence-electron chi connectivity index (χ2n) is 5.94. The number of hydrogen-bond acceptors (Lipinski definition) is 4. The molecule has 1 aliphatic heterocycles. The van der Waals surface area contributed by atoms with Crippen LogP contribution in [0, 0.1) is 18.8 Å². The van der Waals surface area contributed by atoms with Crippen LogP contribution in [0.15, 0.2) is 6.20 Å². The lowest BCUT2D eigenvalue weighted by Crippen LogP contribution is -2.46. The molecule has 0 saturated carbocycles. The van der Waals surface area contributed by atoms with Gasteiger partial charge in [-0.3, -0.25) is 0 Å². The highest BCUT2D eigenvalue weighted by atomic mass is 15.3. The van der Waals surface area contributed by atoms with Crippen LogP contribution in [0.25, 0.3) is 0 Å². The Bertz CT molecular complexity index is 432. The predicted octanol–water partition coefficient (Wildman–Crippen LogP) is 3.09. The molecule has 4 heteroatoms. The minimum Gasteiger partial charge on any atom is -0.354 e. The normalized spacial score (nSPS) is 27.4. The number of aryl methyl sites for hydroxylation is 1. The molecular weight excluding hydrogens is 236 g/mol. The highest BCUT2D eigenvalue weighted by Crippen LogP contribution is 2.32. The average molecular weight is 262 g/mol. The van der Waals surface area contributed by atoms with E-state index in [1.54, 1.807) is 0 Å². The summed E-state index contributed by atoms with van der Waals surface area (Å²) in [4.78, 5) is 11.5. The first-order valence-corrected chi connectivity index (χ1v) is 7.37. The fourth-order valence-electron chi connectivity index (χ4n) is 2.96. The lowest BCUT2D eigenvalue weighted by molar-refractivity contribution is 0.295. The van der Waals surface area contributed by atoms with Gasteiger partial charge in [-0.2, -0.15) is 4.98 Å². The molecule has 1 N–H and O–H groups in total. The van der Waals surface area contributed by atoms with Gasteiger partial charge in [0.2, 0.25) is 5.95 Å². The Morgan fingerprint density at radius 2 is 2.11 bits per heavy atom. The average Bonchev–Trinajstić information content (AvgIpc) is 2.36. The summed E-state index contributed by atoms with van der Waals surface area (Å²) in [5.41, 5.74) is 1.16. The Labute approximate surface area is 116 Å². The van der Waals surface area contributed by atoms with Gasteiger partial charge in [-0.1, -0.05) is 13.8 Å². The van der Waals surface area contributed by atoms with E-state index in [1.165, 1.54) is 6.42 Å². The van der Waals surface area contributed by atoms with Crippen LogP contribution in [0.5, 0.6) is 0 Å². The van der Waals surface area contributed by atoms with Crippen molar-refractivity contribution in [3.63, 3.8) is 0 Å². The molecule has 1 aromatic heterocycles. The van der Waals surface area contributed by atoms with Crippen molar-refractivity contribution in [3.8, 4) is 0 Å². The van der Waals surface area contributed by atoms with Crippen molar-refractivity contribution < 1.29 is 0 Å². The largest absolute Gasteiger partial charge is 0.354 e. The fraction of sp³-hybridized carbons (Fsp3) is 0.733. The summed E-state index contributed by atoms with van der Waals surface area (Å²) in [5.74, 6) is 3.27. The Balaban J connectivity index is 2.30. The summed E-state index contributed by atoms with van der Waals surface area (Å²) in [6.07, 6.45) is 3.23. The van der Waals surface area contributed by atoms with Gasteiger partial charge in [-0.25, -0.2) is 4.98 Å². The molecule has 2 heterocycles. The van der Waals surface area contributed by atoms with E-state index in [1.807, 2.05) is 6.20 Å².